The van der Waals surface area contributed by atoms with Crippen molar-refractivity contribution in [3.63, 3.8) is 0 Å². The summed E-state index contributed by atoms with van der Waals surface area (Å²) in [5.74, 6) is -0.225. The van der Waals surface area contributed by atoms with Gasteiger partial charge in [-0.05, 0) is 24.1 Å². The van der Waals surface area contributed by atoms with E-state index in [2.05, 4.69) is 16.0 Å². The van der Waals surface area contributed by atoms with E-state index in [1.807, 2.05) is 6.07 Å². The second-order valence-electron chi connectivity index (χ2n) is 4.51. The van der Waals surface area contributed by atoms with E-state index >= 15 is 0 Å². The Morgan fingerprint density at radius 1 is 1.40 bits per heavy atom. The summed E-state index contributed by atoms with van der Waals surface area (Å²) in [5, 5.41) is 9.50. The van der Waals surface area contributed by atoms with E-state index in [9.17, 15) is 9.59 Å². The highest BCUT2D eigenvalue weighted by Crippen LogP contribution is 2.20. The van der Waals surface area contributed by atoms with Crippen LogP contribution in [0.4, 0.5) is 0 Å². The summed E-state index contributed by atoms with van der Waals surface area (Å²) >= 11 is 11.9. The summed E-state index contributed by atoms with van der Waals surface area (Å²) in [5.41, 5.74) is 0.932. The van der Waals surface area contributed by atoms with Gasteiger partial charge in [0.2, 0.25) is 11.8 Å². The molecule has 0 aromatic heterocycles. The lowest BCUT2D eigenvalue weighted by Crippen LogP contribution is -2.58. The molecule has 2 rings (SSSR count). The maximum atomic E-state index is 11.9. The van der Waals surface area contributed by atoms with E-state index < -0.39 is 0 Å². The predicted octanol–water partition coefficient (Wildman–Crippen LogP) is 0.740. The molecular weight excluding hydrogens is 301 g/mol. The molecule has 7 heteroatoms. The van der Waals surface area contributed by atoms with Crippen LogP contribution in [0.5, 0.6) is 0 Å². The average Bonchev–Trinajstić information content (AvgIpc) is 2.42. The van der Waals surface area contributed by atoms with Crippen LogP contribution >= 0.6 is 23.2 Å². The molecule has 0 saturated carbocycles. The Kier molecular flexibility index (Phi) is 5.23. The molecule has 3 N–H and O–H groups in total. The Morgan fingerprint density at radius 2 is 2.20 bits per heavy atom. The molecule has 1 saturated heterocycles. The van der Waals surface area contributed by atoms with E-state index in [4.69, 9.17) is 23.2 Å². The quantitative estimate of drug-likeness (QED) is 0.767. The Hall–Kier alpha value is -1.30. The number of benzene rings is 1. The minimum absolute atomic E-state index is 0.0954. The van der Waals surface area contributed by atoms with Gasteiger partial charge >= 0.3 is 0 Å². The number of hydrogen-bond donors (Lipinski definition) is 3. The van der Waals surface area contributed by atoms with Crippen molar-refractivity contribution in [2.24, 2.45) is 0 Å². The smallest absolute Gasteiger partial charge is 0.238 e. The summed E-state index contributed by atoms with van der Waals surface area (Å²) < 4.78 is 0. The monoisotopic (exact) mass is 315 g/mol. The Labute approximate surface area is 127 Å². The number of nitrogens with one attached hydrogen (secondary N) is 3. The topological polar surface area (TPSA) is 70.2 Å². The van der Waals surface area contributed by atoms with Crippen LogP contribution in [-0.2, 0) is 16.0 Å². The van der Waals surface area contributed by atoms with Crippen molar-refractivity contribution in [3.05, 3.63) is 33.8 Å². The molecule has 1 aromatic carbocycles. The van der Waals surface area contributed by atoms with Crippen LogP contribution in [-0.4, -0.2) is 37.5 Å². The lowest BCUT2D eigenvalue weighted by atomic mass is 10.1. The van der Waals surface area contributed by atoms with Gasteiger partial charge in [0, 0.05) is 23.1 Å². The van der Waals surface area contributed by atoms with Gasteiger partial charge in [0.05, 0.1) is 6.54 Å². The fraction of sp³-hybridized carbons (Fsp3) is 0.385. The maximum absolute atomic E-state index is 11.9. The first-order valence-electron chi connectivity index (χ1n) is 6.28. The minimum atomic E-state index is -0.381. The van der Waals surface area contributed by atoms with Crippen molar-refractivity contribution >= 4 is 35.0 Å². The number of rotatable bonds is 4. The van der Waals surface area contributed by atoms with Crippen molar-refractivity contribution in [2.45, 2.75) is 12.5 Å². The average molecular weight is 316 g/mol. The second kappa shape index (κ2) is 6.92. The summed E-state index contributed by atoms with van der Waals surface area (Å²) in [4.78, 5) is 22.8. The second-order valence-corrected chi connectivity index (χ2v) is 5.36. The van der Waals surface area contributed by atoms with Gasteiger partial charge in [0.15, 0.2) is 0 Å². The van der Waals surface area contributed by atoms with Gasteiger partial charge in [-0.1, -0.05) is 29.3 Å². The largest absolute Gasteiger partial charge is 0.354 e. The fourth-order valence-electron chi connectivity index (χ4n) is 1.92. The molecule has 0 bridgehead atoms. The third-order valence-electron chi connectivity index (χ3n) is 3.04. The molecule has 1 atom stereocenters. The lowest BCUT2D eigenvalue weighted by Gasteiger charge is -2.23. The molecule has 1 unspecified atom stereocenters. The number of hydrogen-bond acceptors (Lipinski definition) is 3. The molecule has 1 heterocycles. The van der Waals surface area contributed by atoms with Crippen molar-refractivity contribution in [3.8, 4) is 0 Å². The molecule has 1 aliphatic heterocycles. The number of carbonyl (C=O) groups is 2. The summed E-state index contributed by atoms with van der Waals surface area (Å²) in [6, 6.07) is 4.91. The van der Waals surface area contributed by atoms with Gasteiger partial charge in [0.25, 0.3) is 0 Å². The van der Waals surface area contributed by atoms with E-state index in [-0.39, 0.29) is 24.4 Å². The van der Waals surface area contributed by atoms with Crippen molar-refractivity contribution in [1.82, 2.24) is 16.0 Å². The van der Waals surface area contributed by atoms with Crippen LogP contribution in [0, 0.1) is 0 Å². The molecule has 20 heavy (non-hydrogen) atoms. The van der Waals surface area contributed by atoms with Gasteiger partial charge in [-0.3, -0.25) is 14.9 Å². The fourth-order valence-corrected chi connectivity index (χ4v) is 2.42. The SMILES string of the molecule is O=C1CNC(C(=O)NCCc2ccc(Cl)cc2Cl)CN1. The summed E-state index contributed by atoms with van der Waals surface area (Å²) in [6.45, 7) is 0.958. The van der Waals surface area contributed by atoms with Gasteiger partial charge in [-0.15, -0.1) is 0 Å². The van der Waals surface area contributed by atoms with Crippen LogP contribution in [0.1, 0.15) is 5.56 Å². The first-order chi connectivity index (χ1) is 9.56. The van der Waals surface area contributed by atoms with Crippen LogP contribution in [0.2, 0.25) is 10.0 Å². The summed E-state index contributed by atoms with van der Waals surface area (Å²) in [6.07, 6.45) is 0.626. The first kappa shape index (κ1) is 15.1. The molecular formula is C13H15Cl2N3O2. The van der Waals surface area contributed by atoms with Crippen molar-refractivity contribution < 1.29 is 9.59 Å². The Morgan fingerprint density at radius 3 is 2.85 bits per heavy atom. The van der Waals surface area contributed by atoms with Crippen molar-refractivity contribution in [2.75, 3.05) is 19.6 Å². The van der Waals surface area contributed by atoms with Gasteiger partial charge in [-0.2, -0.15) is 0 Å². The van der Waals surface area contributed by atoms with Gasteiger partial charge in [0.1, 0.15) is 6.04 Å². The van der Waals surface area contributed by atoms with Crippen LogP contribution in [0.15, 0.2) is 18.2 Å². The summed E-state index contributed by atoms with van der Waals surface area (Å²) in [7, 11) is 0. The molecule has 2 amide bonds. The Bertz CT molecular complexity index is 512. The van der Waals surface area contributed by atoms with Crippen LogP contribution in [0.25, 0.3) is 0 Å². The zero-order chi connectivity index (χ0) is 14.5. The molecule has 1 fully saturated rings. The zero-order valence-corrected chi connectivity index (χ0v) is 12.2. The molecule has 0 radical (unpaired) electrons. The van der Waals surface area contributed by atoms with Crippen molar-refractivity contribution in [1.29, 1.82) is 0 Å². The number of carbonyl (C=O) groups excluding carboxylic acids is 2. The van der Waals surface area contributed by atoms with E-state index in [0.717, 1.165) is 5.56 Å². The standard InChI is InChI=1S/C13H15Cl2N3O2/c14-9-2-1-8(10(15)5-9)3-4-16-13(20)11-6-18-12(19)7-17-11/h1-2,5,11,17H,3-4,6-7H2,(H,16,20)(H,18,19). The molecule has 1 aromatic rings. The van der Waals surface area contributed by atoms with E-state index in [1.165, 1.54) is 0 Å². The van der Waals surface area contributed by atoms with Crippen LogP contribution < -0.4 is 16.0 Å². The minimum Gasteiger partial charge on any atom is -0.354 e. The normalized spacial score (nSPS) is 18.5. The maximum Gasteiger partial charge on any atom is 0.238 e. The third-order valence-corrected chi connectivity index (χ3v) is 3.62. The van der Waals surface area contributed by atoms with E-state index in [1.54, 1.807) is 12.1 Å². The van der Waals surface area contributed by atoms with Gasteiger partial charge in [-0.25, -0.2) is 0 Å². The predicted molar refractivity (Wildman–Crippen MR) is 78.0 cm³/mol. The zero-order valence-electron chi connectivity index (χ0n) is 10.7. The Balaban J connectivity index is 1.78. The first-order valence-corrected chi connectivity index (χ1v) is 7.03. The number of piperazine rings is 1. The molecule has 5 nitrogen and oxygen atoms in total. The van der Waals surface area contributed by atoms with E-state index in [0.29, 0.717) is 29.6 Å². The highest BCUT2D eigenvalue weighted by Gasteiger charge is 2.23. The number of halogens is 2. The molecule has 108 valence electrons. The molecule has 0 spiro atoms. The highest BCUT2D eigenvalue weighted by molar-refractivity contribution is 6.35. The lowest BCUT2D eigenvalue weighted by molar-refractivity contribution is -0.126. The molecule has 0 aliphatic carbocycles. The van der Waals surface area contributed by atoms with Crippen LogP contribution in [0.3, 0.4) is 0 Å². The highest BCUT2D eigenvalue weighted by atomic mass is 35.5. The molecule has 1 aliphatic rings. The van der Waals surface area contributed by atoms with Gasteiger partial charge < -0.3 is 10.6 Å². The third kappa shape index (κ3) is 4.10. The number of amides is 2.